The van der Waals surface area contributed by atoms with Gasteiger partial charge in [0.15, 0.2) is 39.6 Å². The zero-order chi connectivity index (χ0) is 42.7. The van der Waals surface area contributed by atoms with Crippen LogP contribution in [0.15, 0.2) is 58.6 Å². The van der Waals surface area contributed by atoms with E-state index in [2.05, 4.69) is 45.1 Å². The number of rotatable bonds is 5. The molecule has 3 N–H and O–H groups in total. The first-order chi connectivity index (χ1) is 29.3. The fourth-order valence-corrected chi connectivity index (χ4v) is 8.46. The average Bonchev–Trinajstić information content (AvgIpc) is 3.83. The fourth-order valence-electron chi connectivity index (χ4n) is 8.46. The molecule has 0 aromatic carbocycles. The third-order valence-electron chi connectivity index (χ3n) is 11.8. The number of fused-ring (bicyclic) bond motifs is 4. The van der Waals surface area contributed by atoms with Gasteiger partial charge in [-0.3, -0.25) is 9.59 Å². The van der Waals surface area contributed by atoms with E-state index in [0.29, 0.717) is 57.9 Å². The van der Waals surface area contributed by atoms with E-state index in [-0.39, 0.29) is 52.5 Å². The smallest absolute Gasteiger partial charge is 0.277 e. The molecule has 0 radical (unpaired) electrons. The molecule has 2 saturated heterocycles. The van der Waals surface area contributed by atoms with Crippen molar-refractivity contribution in [2.24, 2.45) is 0 Å². The molecule has 0 amide bonds. The predicted octanol–water partition coefficient (Wildman–Crippen LogP) is 6.52. The van der Waals surface area contributed by atoms with Gasteiger partial charge in [0.1, 0.15) is 11.6 Å². The van der Waals surface area contributed by atoms with Gasteiger partial charge in [-0.05, 0) is 95.6 Å². The maximum Gasteiger partial charge on any atom is 0.277 e. The number of aryl methyl sites for hydroxylation is 4. The largest absolute Gasteiger partial charge is 0.317 e. The highest BCUT2D eigenvalue weighted by atomic mass is 19.1. The Morgan fingerprint density at radius 2 is 1.18 bits per heavy atom. The number of imidazole rings is 2. The number of aromatic amines is 2. The van der Waals surface area contributed by atoms with Gasteiger partial charge >= 0.3 is 0 Å². The molecule has 8 aromatic rings. The molecular weight excluding hydrogens is 786 g/mol. The summed E-state index contributed by atoms with van der Waals surface area (Å²) in [6.45, 7) is 13.3. The number of halogens is 3. The number of piperidine rings is 2. The number of nitrogens with zero attached hydrogens (tertiary/aromatic N) is 9. The molecule has 0 atom stereocenters. The molecule has 0 aliphatic carbocycles. The van der Waals surface area contributed by atoms with E-state index in [1.807, 2.05) is 26.8 Å². The molecule has 2 fully saturated rings. The zero-order valence-corrected chi connectivity index (χ0v) is 34.5. The first-order valence-electron chi connectivity index (χ1n) is 20.5. The van der Waals surface area contributed by atoms with Crippen LogP contribution in [0.3, 0.4) is 0 Å². The minimum atomic E-state index is -1.67. The topological polar surface area (TPSA) is 167 Å². The molecule has 10 rings (SSSR count). The molecule has 61 heavy (non-hydrogen) atoms. The van der Waals surface area contributed by atoms with Crippen LogP contribution in [-0.2, 0) is 5.67 Å². The number of H-pyrrole nitrogens is 2. The number of alkyl halides is 1. The second-order valence-corrected chi connectivity index (χ2v) is 16.2. The van der Waals surface area contributed by atoms with Crippen molar-refractivity contribution in [2.75, 3.05) is 32.7 Å². The third-order valence-corrected chi connectivity index (χ3v) is 11.8. The van der Waals surface area contributed by atoms with Crippen LogP contribution in [0.4, 0.5) is 13.2 Å². The molecule has 0 saturated carbocycles. The Morgan fingerprint density at radius 1 is 0.672 bits per heavy atom. The van der Waals surface area contributed by atoms with Gasteiger partial charge in [-0.2, -0.15) is 0 Å². The highest BCUT2D eigenvalue weighted by Gasteiger charge is 2.39. The summed E-state index contributed by atoms with van der Waals surface area (Å²) in [5.41, 5.74) is 4.45. The van der Waals surface area contributed by atoms with Crippen molar-refractivity contribution in [3.8, 4) is 22.5 Å². The van der Waals surface area contributed by atoms with Crippen LogP contribution < -0.4 is 16.4 Å². The van der Waals surface area contributed by atoms with Crippen molar-refractivity contribution in [3.05, 3.63) is 116 Å². The van der Waals surface area contributed by atoms with Gasteiger partial charge in [0, 0.05) is 67.8 Å². The summed E-state index contributed by atoms with van der Waals surface area (Å²) in [5.74, 6) is 0.125. The van der Waals surface area contributed by atoms with Crippen LogP contribution in [-0.4, -0.2) is 86.3 Å². The second-order valence-electron chi connectivity index (χ2n) is 16.2. The Hall–Kier alpha value is -6.33. The van der Waals surface area contributed by atoms with E-state index < -0.39 is 22.9 Å². The van der Waals surface area contributed by atoms with Gasteiger partial charge in [-0.15, -0.1) is 0 Å². The number of nitrogens with one attached hydrogen (secondary N) is 3. The zero-order valence-electron chi connectivity index (χ0n) is 34.5. The minimum absolute atomic E-state index is 0.0600. The highest BCUT2D eigenvalue weighted by Crippen LogP contribution is 2.35. The first-order valence-corrected chi connectivity index (χ1v) is 20.5. The second kappa shape index (κ2) is 15.6. The molecular formula is C44H45F3N12O2. The number of hydrogen-bond donors (Lipinski definition) is 3. The Balaban J connectivity index is 0.000000157. The fraction of sp³-hybridized carbons (Fsp3) is 0.364. The van der Waals surface area contributed by atoms with Gasteiger partial charge in [0.05, 0.1) is 33.8 Å². The average molecular weight is 831 g/mol. The molecule has 2 aliphatic rings. The maximum atomic E-state index is 15.7. The van der Waals surface area contributed by atoms with Crippen molar-refractivity contribution in [3.63, 3.8) is 0 Å². The molecule has 0 spiro atoms. The van der Waals surface area contributed by atoms with E-state index in [1.165, 1.54) is 12.1 Å². The lowest BCUT2D eigenvalue weighted by atomic mass is 9.92. The van der Waals surface area contributed by atoms with Crippen molar-refractivity contribution < 1.29 is 13.2 Å². The Kier molecular flexibility index (Phi) is 10.3. The molecule has 14 nitrogen and oxygen atoms in total. The Bertz CT molecular complexity index is 3120. The van der Waals surface area contributed by atoms with E-state index in [1.54, 1.807) is 53.5 Å². The van der Waals surface area contributed by atoms with Gasteiger partial charge in [-0.1, -0.05) is 6.92 Å². The minimum Gasteiger partial charge on any atom is -0.317 e. The predicted molar refractivity (Wildman–Crippen MR) is 227 cm³/mol. The third kappa shape index (κ3) is 7.56. The van der Waals surface area contributed by atoms with Crippen LogP contribution in [0.5, 0.6) is 0 Å². The number of pyridine rings is 4. The molecule has 314 valence electrons. The highest BCUT2D eigenvalue weighted by molar-refractivity contribution is 5.82. The lowest BCUT2D eigenvalue weighted by Crippen LogP contribution is -2.41. The van der Waals surface area contributed by atoms with Crippen LogP contribution >= 0.6 is 0 Å². The van der Waals surface area contributed by atoms with Crippen molar-refractivity contribution in [1.29, 1.82) is 0 Å². The van der Waals surface area contributed by atoms with Crippen molar-refractivity contribution >= 4 is 33.4 Å². The standard InChI is InChI=1S/C23H24F2N6O.C21H21FN6O/c1-4-30-7-5-23(25,6-8-30)22-28-18-13(2)9-17(27-19(18)21(32)29-22)15-10-16(24)20-26-14(3)11-31(20)12-15;1-11-7-16(14-8-15(22)20-24-12(2)9-28(20)10-14)25-18-17(11)26-19(27-21(18)29)13-3-5-23-6-4-13/h9-12H,4-8H2,1-3H3,(H,28,29,32);7-10,13,23H,3-6H2,1-2H3,(H,26,27,29). The first kappa shape index (κ1) is 40.1. The lowest BCUT2D eigenvalue weighted by Gasteiger charge is -2.35. The Labute approximate surface area is 347 Å². The summed E-state index contributed by atoms with van der Waals surface area (Å²) in [7, 11) is 0. The summed E-state index contributed by atoms with van der Waals surface area (Å²) in [6, 6.07) is 6.35. The van der Waals surface area contributed by atoms with E-state index >= 15 is 4.39 Å². The van der Waals surface area contributed by atoms with Gasteiger partial charge in [-0.25, -0.2) is 43.1 Å². The van der Waals surface area contributed by atoms with Gasteiger partial charge in [0.2, 0.25) is 0 Å². The Morgan fingerprint density at radius 3 is 1.70 bits per heavy atom. The number of likely N-dealkylation sites (tertiary alicyclic amines) is 1. The summed E-state index contributed by atoms with van der Waals surface area (Å²) < 4.78 is 48.0. The summed E-state index contributed by atoms with van der Waals surface area (Å²) >= 11 is 0. The quantitative estimate of drug-likeness (QED) is 0.174. The number of aromatic nitrogens is 10. The molecule has 17 heteroatoms. The van der Waals surface area contributed by atoms with Crippen LogP contribution in [0.1, 0.15) is 72.7 Å². The van der Waals surface area contributed by atoms with E-state index in [9.17, 15) is 18.4 Å². The number of hydrogen-bond acceptors (Lipinski definition) is 10. The normalized spacial score (nSPS) is 16.1. The monoisotopic (exact) mass is 830 g/mol. The van der Waals surface area contributed by atoms with Gasteiger partial charge < -0.3 is 29.0 Å². The SMILES string of the molecule is CCN1CCC(F)(c2nc3c(C)cc(-c4cc(F)c5nc(C)cn5c4)nc3c(=O)[nH]2)CC1.Cc1cn2cc(-c3cc(C)c4nc(C5CCNCC5)[nH]c(=O)c4n3)cc(F)c2n1. The van der Waals surface area contributed by atoms with Crippen LogP contribution in [0, 0.1) is 39.3 Å². The molecule has 0 unspecified atom stereocenters. The molecule has 8 aromatic heterocycles. The maximum absolute atomic E-state index is 15.7. The van der Waals surface area contributed by atoms with Crippen LogP contribution in [0.25, 0.3) is 55.9 Å². The molecule has 2 aliphatic heterocycles. The van der Waals surface area contributed by atoms with Crippen molar-refractivity contribution in [1.82, 2.24) is 58.9 Å². The van der Waals surface area contributed by atoms with Crippen molar-refractivity contribution in [2.45, 2.75) is 71.9 Å². The van der Waals surface area contributed by atoms with Gasteiger partial charge in [0.25, 0.3) is 11.1 Å². The lowest BCUT2D eigenvalue weighted by molar-refractivity contribution is 0.0508. The summed E-state index contributed by atoms with van der Waals surface area (Å²) in [5, 5.41) is 3.32. The van der Waals surface area contributed by atoms with E-state index in [4.69, 9.17) is 4.98 Å². The molecule has 0 bridgehead atoms. The van der Waals surface area contributed by atoms with Crippen LogP contribution in [0.2, 0.25) is 0 Å². The van der Waals surface area contributed by atoms with E-state index in [0.717, 1.165) is 49.6 Å². The molecule has 10 heterocycles. The summed E-state index contributed by atoms with van der Waals surface area (Å²) in [4.78, 5) is 60.0. The summed E-state index contributed by atoms with van der Waals surface area (Å²) in [6.07, 6.45) is 9.44.